The number of methoxy groups -OCH3 is 1. The summed E-state index contributed by atoms with van der Waals surface area (Å²) < 4.78 is 6.30. The van der Waals surface area contributed by atoms with E-state index in [4.69, 9.17) is 9.84 Å². The van der Waals surface area contributed by atoms with Crippen molar-refractivity contribution in [3.05, 3.63) is 27.7 Å². The van der Waals surface area contributed by atoms with Crippen LogP contribution < -0.4 is 4.74 Å². The van der Waals surface area contributed by atoms with Crippen LogP contribution in [0.5, 0.6) is 5.75 Å². The van der Waals surface area contributed by atoms with Crippen LogP contribution in [0.25, 0.3) is 0 Å². The predicted octanol–water partition coefficient (Wildman–Crippen LogP) is 2.69. The summed E-state index contributed by atoms with van der Waals surface area (Å²) >= 11 is 3.54. The minimum Gasteiger partial charge on any atom is -0.497 e. The Morgan fingerprint density at radius 2 is 2.14 bits per heavy atom. The van der Waals surface area contributed by atoms with Crippen molar-refractivity contribution in [2.45, 2.75) is 19.8 Å². The van der Waals surface area contributed by atoms with Gasteiger partial charge in [0.25, 0.3) is 0 Å². The first-order valence-corrected chi connectivity index (χ1v) is 5.42. The third-order valence-electron chi connectivity index (χ3n) is 2.14. The number of halogens is 1. The molecule has 0 fully saturated rings. The van der Waals surface area contributed by atoms with Gasteiger partial charge in [0.2, 0.25) is 0 Å². The average molecular weight is 259 g/mol. The summed E-state index contributed by atoms with van der Waals surface area (Å²) in [6.07, 6.45) is 1.65. The highest BCUT2D eigenvalue weighted by molar-refractivity contribution is 9.10. The van der Waals surface area contributed by atoms with Crippen LogP contribution in [0.2, 0.25) is 0 Å². The summed E-state index contributed by atoms with van der Waals surface area (Å²) in [5, 5.41) is 8.77. The lowest BCUT2D eigenvalue weighted by Crippen LogP contribution is -1.94. The van der Waals surface area contributed by atoms with E-state index in [1.165, 1.54) is 5.56 Å². The molecule has 1 aromatic rings. The van der Waals surface area contributed by atoms with E-state index in [1.807, 2.05) is 19.1 Å². The van der Waals surface area contributed by atoms with Crippen LogP contribution >= 0.6 is 15.9 Å². The Morgan fingerprint density at radius 1 is 1.43 bits per heavy atom. The van der Waals surface area contributed by atoms with Crippen LogP contribution in [0.1, 0.15) is 17.5 Å². The maximum atomic E-state index is 8.77. The second-order valence-electron chi connectivity index (χ2n) is 3.24. The molecular formula is C11H15BrO2. The van der Waals surface area contributed by atoms with Crippen molar-refractivity contribution in [1.29, 1.82) is 0 Å². The van der Waals surface area contributed by atoms with Crippen LogP contribution in [0.4, 0.5) is 0 Å². The third-order valence-corrected chi connectivity index (χ3v) is 3.28. The third kappa shape index (κ3) is 2.72. The summed E-state index contributed by atoms with van der Waals surface area (Å²) in [4.78, 5) is 0. The molecule has 3 heteroatoms. The van der Waals surface area contributed by atoms with Gasteiger partial charge in [-0.3, -0.25) is 0 Å². The Balaban J connectivity index is 2.95. The highest BCUT2D eigenvalue weighted by atomic mass is 79.9. The number of hydrogen-bond acceptors (Lipinski definition) is 2. The van der Waals surface area contributed by atoms with Gasteiger partial charge in [-0.15, -0.1) is 0 Å². The molecule has 0 unspecified atom stereocenters. The van der Waals surface area contributed by atoms with Gasteiger partial charge in [-0.05, 0) is 43.0 Å². The van der Waals surface area contributed by atoms with Crippen molar-refractivity contribution in [1.82, 2.24) is 0 Å². The Morgan fingerprint density at radius 3 is 2.71 bits per heavy atom. The largest absolute Gasteiger partial charge is 0.497 e. The molecule has 0 aliphatic heterocycles. The fraction of sp³-hybridized carbons (Fsp3) is 0.455. The van der Waals surface area contributed by atoms with Gasteiger partial charge in [0.15, 0.2) is 0 Å². The lowest BCUT2D eigenvalue weighted by atomic mass is 10.1. The van der Waals surface area contributed by atoms with E-state index < -0.39 is 0 Å². The Kier molecular flexibility index (Phi) is 4.42. The minimum atomic E-state index is 0.225. The number of benzene rings is 1. The molecule has 0 radical (unpaired) electrons. The van der Waals surface area contributed by atoms with Crippen LogP contribution in [-0.2, 0) is 6.42 Å². The predicted molar refractivity (Wildman–Crippen MR) is 60.8 cm³/mol. The van der Waals surface area contributed by atoms with E-state index in [2.05, 4.69) is 15.9 Å². The van der Waals surface area contributed by atoms with Crippen molar-refractivity contribution < 1.29 is 9.84 Å². The van der Waals surface area contributed by atoms with Crippen LogP contribution in [0.15, 0.2) is 16.6 Å². The maximum absolute atomic E-state index is 8.77. The van der Waals surface area contributed by atoms with E-state index >= 15 is 0 Å². The van der Waals surface area contributed by atoms with Gasteiger partial charge in [0.1, 0.15) is 5.75 Å². The molecule has 2 nitrogen and oxygen atoms in total. The first-order chi connectivity index (χ1) is 6.69. The van der Waals surface area contributed by atoms with Crippen LogP contribution in [-0.4, -0.2) is 18.8 Å². The number of aliphatic hydroxyl groups is 1. The van der Waals surface area contributed by atoms with E-state index in [0.717, 1.165) is 28.6 Å². The Hall–Kier alpha value is -0.540. The maximum Gasteiger partial charge on any atom is 0.119 e. The van der Waals surface area contributed by atoms with E-state index in [-0.39, 0.29) is 6.61 Å². The Bertz CT molecular complexity index is 310. The van der Waals surface area contributed by atoms with Gasteiger partial charge in [-0.1, -0.05) is 15.9 Å². The molecule has 0 amide bonds. The monoisotopic (exact) mass is 258 g/mol. The van der Waals surface area contributed by atoms with Gasteiger partial charge < -0.3 is 9.84 Å². The molecule has 0 saturated heterocycles. The normalized spacial score (nSPS) is 10.3. The average Bonchev–Trinajstić information content (AvgIpc) is 2.20. The Labute approximate surface area is 93.0 Å². The highest BCUT2D eigenvalue weighted by Crippen LogP contribution is 2.27. The summed E-state index contributed by atoms with van der Waals surface area (Å²) in [5.41, 5.74) is 2.35. The molecule has 0 aromatic heterocycles. The molecule has 0 atom stereocenters. The van der Waals surface area contributed by atoms with Crippen molar-refractivity contribution in [3.63, 3.8) is 0 Å². The van der Waals surface area contributed by atoms with Gasteiger partial charge >= 0.3 is 0 Å². The molecule has 1 rings (SSSR count). The number of aliphatic hydroxyl groups excluding tert-OH is 1. The van der Waals surface area contributed by atoms with Gasteiger partial charge in [-0.2, -0.15) is 0 Å². The number of rotatable bonds is 4. The SMILES string of the molecule is COc1cc(C)c(Br)c(CCCO)c1. The fourth-order valence-corrected chi connectivity index (χ4v) is 1.80. The second kappa shape index (κ2) is 5.37. The lowest BCUT2D eigenvalue weighted by Gasteiger charge is -2.09. The first-order valence-electron chi connectivity index (χ1n) is 4.63. The minimum absolute atomic E-state index is 0.225. The second-order valence-corrected chi connectivity index (χ2v) is 4.04. The zero-order valence-corrected chi connectivity index (χ0v) is 10.1. The molecule has 14 heavy (non-hydrogen) atoms. The van der Waals surface area contributed by atoms with Gasteiger partial charge in [0.05, 0.1) is 7.11 Å². The van der Waals surface area contributed by atoms with Crippen LogP contribution in [0, 0.1) is 6.92 Å². The molecule has 0 bridgehead atoms. The quantitative estimate of drug-likeness (QED) is 0.900. The van der Waals surface area contributed by atoms with Crippen molar-refractivity contribution >= 4 is 15.9 Å². The molecule has 0 aliphatic carbocycles. The van der Waals surface area contributed by atoms with Gasteiger partial charge in [0, 0.05) is 11.1 Å². The smallest absolute Gasteiger partial charge is 0.119 e. The fourth-order valence-electron chi connectivity index (χ4n) is 1.38. The molecule has 0 heterocycles. The zero-order valence-electron chi connectivity index (χ0n) is 8.51. The molecule has 0 spiro atoms. The lowest BCUT2D eigenvalue weighted by molar-refractivity contribution is 0.288. The molecule has 0 aliphatic rings. The van der Waals surface area contributed by atoms with Crippen molar-refractivity contribution in [2.24, 2.45) is 0 Å². The number of hydrogen-bond donors (Lipinski definition) is 1. The molecule has 0 saturated carbocycles. The molecule has 78 valence electrons. The van der Waals surface area contributed by atoms with Gasteiger partial charge in [-0.25, -0.2) is 0 Å². The van der Waals surface area contributed by atoms with Crippen molar-refractivity contribution in [3.8, 4) is 5.75 Å². The number of ether oxygens (including phenoxy) is 1. The molecular weight excluding hydrogens is 244 g/mol. The standard InChI is InChI=1S/C11H15BrO2/c1-8-6-10(14-2)7-9(11(8)12)4-3-5-13/h6-7,13H,3-5H2,1-2H3. The molecule has 1 aromatic carbocycles. The highest BCUT2D eigenvalue weighted by Gasteiger charge is 2.05. The zero-order chi connectivity index (χ0) is 10.6. The summed E-state index contributed by atoms with van der Waals surface area (Å²) in [6.45, 7) is 2.26. The molecule has 1 N–H and O–H groups in total. The van der Waals surface area contributed by atoms with E-state index in [1.54, 1.807) is 7.11 Å². The van der Waals surface area contributed by atoms with Crippen molar-refractivity contribution in [2.75, 3.05) is 13.7 Å². The topological polar surface area (TPSA) is 29.5 Å². The summed E-state index contributed by atoms with van der Waals surface area (Å²) in [6, 6.07) is 4.00. The van der Waals surface area contributed by atoms with E-state index in [9.17, 15) is 0 Å². The summed E-state index contributed by atoms with van der Waals surface area (Å²) in [5.74, 6) is 0.874. The summed E-state index contributed by atoms with van der Waals surface area (Å²) in [7, 11) is 1.67. The first kappa shape index (κ1) is 11.5. The number of aryl methyl sites for hydroxylation is 2. The van der Waals surface area contributed by atoms with E-state index in [0.29, 0.717) is 0 Å². The van der Waals surface area contributed by atoms with Crippen LogP contribution in [0.3, 0.4) is 0 Å².